The summed E-state index contributed by atoms with van der Waals surface area (Å²) in [6.07, 6.45) is 1.83. The van der Waals surface area contributed by atoms with E-state index in [-0.39, 0.29) is 0 Å². The number of hydrogen-bond donors (Lipinski definition) is 1. The minimum atomic E-state index is 1.03. The maximum Gasteiger partial charge on any atom is 0.0893 e. The summed E-state index contributed by atoms with van der Waals surface area (Å²) in [5, 5.41) is 1.22. The lowest BCUT2D eigenvalue weighted by atomic mass is 10.1. The summed E-state index contributed by atoms with van der Waals surface area (Å²) in [7, 11) is 0. The van der Waals surface area contributed by atoms with E-state index in [9.17, 15) is 0 Å². The Balaban J connectivity index is 2.23. The van der Waals surface area contributed by atoms with Gasteiger partial charge >= 0.3 is 0 Å². The van der Waals surface area contributed by atoms with Crippen molar-refractivity contribution < 1.29 is 0 Å². The molecular weight excluding hydrogens is 196 g/mol. The SMILES string of the molecule is Cc1cccnc1-c1cc2ccccc2[nH]1. The van der Waals surface area contributed by atoms with Crippen LogP contribution in [0.2, 0.25) is 0 Å². The van der Waals surface area contributed by atoms with Gasteiger partial charge in [0.1, 0.15) is 0 Å². The van der Waals surface area contributed by atoms with Gasteiger partial charge in [0.15, 0.2) is 0 Å². The Morgan fingerprint density at radius 2 is 1.94 bits per heavy atom. The van der Waals surface area contributed by atoms with E-state index in [4.69, 9.17) is 0 Å². The molecule has 1 aromatic carbocycles. The molecule has 2 nitrogen and oxygen atoms in total. The Hall–Kier alpha value is -2.09. The van der Waals surface area contributed by atoms with Gasteiger partial charge < -0.3 is 4.98 Å². The molecule has 0 unspecified atom stereocenters. The first-order valence-electron chi connectivity index (χ1n) is 5.34. The highest BCUT2D eigenvalue weighted by molar-refractivity contribution is 5.85. The third-order valence-corrected chi connectivity index (χ3v) is 2.79. The number of nitrogens with one attached hydrogen (secondary N) is 1. The first-order chi connectivity index (χ1) is 7.84. The van der Waals surface area contributed by atoms with E-state index in [1.54, 1.807) is 0 Å². The fraction of sp³-hybridized carbons (Fsp3) is 0.0714. The van der Waals surface area contributed by atoms with Gasteiger partial charge in [-0.05, 0) is 30.7 Å². The van der Waals surface area contributed by atoms with Crippen molar-refractivity contribution in [1.29, 1.82) is 0 Å². The van der Waals surface area contributed by atoms with Crippen LogP contribution in [0.25, 0.3) is 22.3 Å². The number of aromatic amines is 1. The van der Waals surface area contributed by atoms with Crippen molar-refractivity contribution in [2.24, 2.45) is 0 Å². The number of rotatable bonds is 1. The molecule has 0 spiro atoms. The molecule has 2 aromatic heterocycles. The molecule has 0 saturated heterocycles. The average Bonchev–Trinajstić information content (AvgIpc) is 2.73. The van der Waals surface area contributed by atoms with Gasteiger partial charge in [0.2, 0.25) is 0 Å². The summed E-state index contributed by atoms with van der Waals surface area (Å²) in [5.41, 5.74) is 4.45. The second-order valence-electron chi connectivity index (χ2n) is 3.94. The maximum absolute atomic E-state index is 4.41. The van der Waals surface area contributed by atoms with Crippen LogP contribution in [0.15, 0.2) is 48.7 Å². The van der Waals surface area contributed by atoms with Crippen LogP contribution < -0.4 is 0 Å². The van der Waals surface area contributed by atoms with E-state index in [2.05, 4.69) is 41.2 Å². The van der Waals surface area contributed by atoms with Gasteiger partial charge in [-0.15, -0.1) is 0 Å². The van der Waals surface area contributed by atoms with E-state index in [1.165, 1.54) is 10.9 Å². The van der Waals surface area contributed by atoms with Gasteiger partial charge in [-0.2, -0.15) is 0 Å². The first-order valence-corrected chi connectivity index (χ1v) is 5.34. The summed E-state index contributed by atoms with van der Waals surface area (Å²) in [5.74, 6) is 0. The Kier molecular flexibility index (Phi) is 2.00. The molecule has 0 amide bonds. The van der Waals surface area contributed by atoms with Crippen molar-refractivity contribution in [3.63, 3.8) is 0 Å². The lowest BCUT2D eigenvalue weighted by Gasteiger charge is -2.00. The number of fused-ring (bicyclic) bond motifs is 1. The summed E-state index contributed by atoms with van der Waals surface area (Å²) in [6, 6.07) is 14.4. The predicted octanol–water partition coefficient (Wildman–Crippen LogP) is 3.54. The van der Waals surface area contributed by atoms with Crippen LogP contribution in [0.4, 0.5) is 0 Å². The zero-order chi connectivity index (χ0) is 11.0. The molecule has 0 saturated carbocycles. The third-order valence-electron chi connectivity index (χ3n) is 2.79. The molecule has 1 N–H and O–H groups in total. The Morgan fingerprint density at radius 3 is 2.75 bits per heavy atom. The molecule has 0 aliphatic heterocycles. The lowest BCUT2D eigenvalue weighted by molar-refractivity contribution is 1.24. The van der Waals surface area contributed by atoms with Crippen LogP contribution in [0.5, 0.6) is 0 Å². The third kappa shape index (κ3) is 1.39. The van der Waals surface area contributed by atoms with Crippen LogP contribution in [0.3, 0.4) is 0 Å². The number of nitrogens with zero attached hydrogens (tertiary/aromatic N) is 1. The number of aryl methyl sites for hydroxylation is 1. The zero-order valence-corrected chi connectivity index (χ0v) is 9.07. The lowest BCUT2D eigenvalue weighted by Crippen LogP contribution is -1.86. The highest BCUT2D eigenvalue weighted by Crippen LogP contribution is 2.24. The largest absolute Gasteiger partial charge is 0.353 e. The van der Waals surface area contributed by atoms with Crippen molar-refractivity contribution in [3.8, 4) is 11.4 Å². The molecular formula is C14H12N2. The van der Waals surface area contributed by atoms with Gasteiger partial charge in [-0.1, -0.05) is 24.3 Å². The van der Waals surface area contributed by atoms with E-state index < -0.39 is 0 Å². The molecule has 0 atom stereocenters. The topological polar surface area (TPSA) is 28.7 Å². The number of aromatic nitrogens is 2. The van der Waals surface area contributed by atoms with E-state index in [1.807, 2.05) is 24.4 Å². The Bertz CT molecular complexity index is 605. The van der Waals surface area contributed by atoms with Crippen LogP contribution in [0, 0.1) is 6.92 Å². The van der Waals surface area contributed by atoms with Crippen molar-refractivity contribution in [3.05, 3.63) is 54.2 Å². The summed E-state index contributed by atoms with van der Waals surface area (Å²) in [4.78, 5) is 7.80. The fourth-order valence-corrected chi connectivity index (χ4v) is 1.97. The van der Waals surface area contributed by atoms with Crippen LogP contribution in [-0.2, 0) is 0 Å². The molecule has 0 radical (unpaired) electrons. The van der Waals surface area contributed by atoms with E-state index in [0.29, 0.717) is 0 Å². The highest BCUT2D eigenvalue weighted by atomic mass is 14.8. The molecule has 2 heteroatoms. The number of pyridine rings is 1. The molecule has 78 valence electrons. The zero-order valence-electron chi connectivity index (χ0n) is 9.07. The van der Waals surface area contributed by atoms with E-state index in [0.717, 1.165) is 16.9 Å². The summed E-state index contributed by atoms with van der Waals surface area (Å²) in [6.45, 7) is 2.08. The van der Waals surface area contributed by atoms with E-state index >= 15 is 0 Å². The molecule has 3 rings (SSSR count). The number of para-hydroxylation sites is 1. The second kappa shape index (κ2) is 3.49. The minimum Gasteiger partial charge on any atom is -0.353 e. The van der Waals surface area contributed by atoms with Crippen LogP contribution in [0.1, 0.15) is 5.56 Å². The maximum atomic E-state index is 4.41. The van der Waals surface area contributed by atoms with Gasteiger partial charge in [0.25, 0.3) is 0 Å². The highest BCUT2D eigenvalue weighted by Gasteiger charge is 2.05. The van der Waals surface area contributed by atoms with Gasteiger partial charge in [0, 0.05) is 17.1 Å². The molecule has 16 heavy (non-hydrogen) atoms. The normalized spacial score (nSPS) is 10.8. The molecule has 3 aromatic rings. The van der Waals surface area contributed by atoms with Gasteiger partial charge in [0.05, 0.1) is 11.4 Å². The first kappa shape index (κ1) is 9.16. The number of H-pyrrole nitrogens is 1. The molecule has 0 fully saturated rings. The fourth-order valence-electron chi connectivity index (χ4n) is 1.97. The predicted molar refractivity (Wildman–Crippen MR) is 66.3 cm³/mol. The smallest absolute Gasteiger partial charge is 0.0893 e. The summed E-state index contributed by atoms with van der Waals surface area (Å²) >= 11 is 0. The Labute approximate surface area is 94.0 Å². The second-order valence-corrected chi connectivity index (χ2v) is 3.94. The molecule has 0 aliphatic rings. The molecule has 2 heterocycles. The molecule has 0 bridgehead atoms. The van der Waals surface area contributed by atoms with Crippen molar-refractivity contribution >= 4 is 10.9 Å². The minimum absolute atomic E-state index is 1.03. The van der Waals surface area contributed by atoms with Crippen molar-refractivity contribution in [1.82, 2.24) is 9.97 Å². The van der Waals surface area contributed by atoms with Crippen LogP contribution >= 0.6 is 0 Å². The van der Waals surface area contributed by atoms with Crippen molar-refractivity contribution in [2.75, 3.05) is 0 Å². The quantitative estimate of drug-likeness (QED) is 0.651. The van der Waals surface area contributed by atoms with Crippen LogP contribution in [-0.4, -0.2) is 9.97 Å². The standard InChI is InChI=1S/C14H12N2/c1-10-5-4-8-15-14(10)13-9-11-6-2-3-7-12(11)16-13/h2-9,16H,1H3. The average molecular weight is 208 g/mol. The number of hydrogen-bond acceptors (Lipinski definition) is 1. The monoisotopic (exact) mass is 208 g/mol. The van der Waals surface area contributed by atoms with Gasteiger partial charge in [-0.25, -0.2) is 0 Å². The molecule has 0 aliphatic carbocycles. The van der Waals surface area contributed by atoms with Crippen molar-refractivity contribution in [2.45, 2.75) is 6.92 Å². The Morgan fingerprint density at radius 1 is 1.06 bits per heavy atom. The summed E-state index contributed by atoms with van der Waals surface area (Å²) < 4.78 is 0. The number of benzene rings is 1. The van der Waals surface area contributed by atoms with Gasteiger partial charge in [-0.3, -0.25) is 4.98 Å².